The van der Waals surface area contributed by atoms with Crippen LogP contribution in [0.15, 0.2) is 54.7 Å². The molecule has 0 spiro atoms. The number of thioether (sulfide) groups is 1. The Morgan fingerprint density at radius 3 is 2.68 bits per heavy atom. The van der Waals surface area contributed by atoms with Gasteiger partial charge in [-0.1, -0.05) is 24.3 Å². The fraction of sp³-hybridized carbons (Fsp3) is 0.300. The molecule has 2 amide bonds. The molecule has 7 nitrogen and oxygen atoms in total. The number of rotatable bonds is 9. The Kier molecular flexibility index (Phi) is 7.02. The first-order chi connectivity index (χ1) is 13.7. The summed E-state index contributed by atoms with van der Waals surface area (Å²) >= 11 is 1.71. The average molecular weight is 398 g/mol. The molecule has 2 N–H and O–H groups in total. The number of carbonyl (C=O) groups is 2. The van der Waals surface area contributed by atoms with Gasteiger partial charge in [-0.3, -0.25) is 14.0 Å². The van der Waals surface area contributed by atoms with Gasteiger partial charge < -0.3 is 10.6 Å². The summed E-state index contributed by atoms with van der Waals surface area (Å²) in [5.74, 6) is 1.28. The molecule has 0 aliphatic carbocycles. The summed E-state index contributed by atoms with van der Waals surface area (Å²) in [7, 11) is 0. The normalized spacial score (nSPS) is 11.9. The van der Waals surface area contributed by atoms with Crippen molar-refractivity contribution in [3.63, 3.8) is 0 Å². The molecule has 3 rings (SSSR count). The molecule has 1 atom stereocenters. The molecule has 0 radical (unpaired) electrons. The molecule has 0 aliphatic rings. The molecule has 0 saturated carbocycles. The maximum atomic E-state index is 12.4. The van der Waals surface area contributed by atoms with E-state index in [1.54, 1.807) is 36.0 Å². The number of amides is 2. The van der Waals surface area contributed by atoms with Gasteiger partial charge in [0.05, 0.1) is 6.04 Å². The highest BCUT2D eigenvalue weighted by atomic mass is 32.2. The Morgan fingerprint density at radius 2 is 1.89 bits per heavy atom. The number of pyridine rings is 1. The van der Waals surface area contributed by atoms with E-state index in [2.05, 4.69) is 20.8 Å². The van der Waals surface area contributed by atoms with E-state index in [4.69, 9.17) is 0 Å². The second kappa shape index (κ2) is 9.89. The van der Waals surface area contributed by atoms with Crippen LogP contribution in [0.5, 0.6) is 0 Å². The Balaban J connectivity index is 1.58. The van der Waals surface area contributed by atoms with Crippen LogP contribution >= 0.6 is 11.8 Å². The minimum absolute atomic E-state index is 0.132. The van der Waals surface area contributed by atoms with Crippen LogP contribution < -0.4 is 10.6 Å². The summed E-state index contributed by atoms with van der Waals surface area (Å²) < 4.78 is 1.89. The number of carbonyl (C=O) groups excluding carboxylic acids is 2. The average Bonchev–Trinajstić information content (AvgIpc) is 3.16. The van der Waals surface area contributed by atoms with Crippen LogP contribution in [0.3, 0.4) is 0 Å². The number of nitrogens with one attached hydrogen (secondary N) is 2. The van der Waals surface area contributed by atoms with E-state index in [0.29, 0.717) is 11.4 Å². The van der Waals surface area contributed by atoms with E-state index in [-0.39, 0.29) is 30.8 Å². The van der Waals surface area contributed by atoms with Gasteiger partial charge in [-0.15, -0.1) is 10.2 Å². The molecule has 0 aliphatic heterocycles. The van der Waals surface area contributed by atoms with Crippen molar-refractivity contribution in [3.8, 4) is 0 Å². The number of fused-ring (bicyclic) bond motifs is 1. The molecule has 1 aromatic carbocycles. The van der Waals surface area contributed by atoms with E-state index >= 15 is 0 Å². The Morgan fingerprint density at radius 1 is 1.11 bits per heavy atom. The monoisotopic (exact) mass is 397 g/mol. The fourth-order valence-electron chi connectivity index (χ4n) is 2.85. The lowest BCUT2D eigenvalue weighted by molar-refractivity contribution is -0.121. The second-order valence-electron chi connectivity index (χ2n) is 6.26. The molecule has 0 bridgehead atoms. The van der Waals surface area contributed by atoms with Crippen molar-refractivity contribution in [1.29, 1.82) is 0 Å². The zero-order chi connectivity index (χ0) is 19.8. The molecule has 3 aromatic rings. The fourth-order valence-corrected chi connectivity index (χ4v) is 3.32. The van der Waals surface area contributed by atoms with Crippen molar-refractivity contribution >= 4 is 29.2 Å². The Hall–Kier alpha value is -2.87. The zero-order valence-corrected chi connectivity index (χ0v) is 16.5. The molecule has 0 unspecified atom stereocenters. The van der Waals surface area contributed by atoms with E-state index in [1.165, 1.54) is 0 Å². The number of benzene rings is 1. The van der Waals surface area contributed by atoms with Crippen LogP contribution in [0.25, 0.3) is 5.65 Å². The molecular formula is C20H23N5O2S. The Labute approximate surface area is 167 Å². The van der Waals surface area contributed by atoms with Gasteiger partial charge in [0.25, 0.3) is 5.91 Å². The second-order valence-corrected chi connectivity index (χ2v) is 7.25. The predicted molar refractivity (Wildman–Crippen MR) is 110 cm³/mol. The minimum Gasteiger partial charge on any atom is -0.352 e. The standard InChI is InChI=1S/C20H23N5O2S/c1-28-14-11-16(19-24-23-17-9-5-6-13-25(17)19)22-18(26)10-12-21-20(27)15-7-3-2-4-8-15/h2-9,13,16H,10-12,14H2,1H3,(H,21,27)(H,22,26)/t16-/m0/s1. The number of hydrogen-bond donors (Lipinski definition) is 2. The van der Waals surface area contributed by atoms with Crippen molar-refractivity contribution in [1.82, 2.24) is 25.2 Å². The van der Waals surface area contributed by atoms with Gasteiger partial charge in [0, 0.05) is 24.7 Å². The SMILES string of the molecule is CSCC[C@H](NC(=O)CCNC(=O)c1ccccc1)c1nnc2ccccn12. The van der Waals surface area contributed by atoms with Crippen LogP contribution in [0.1, 0.15) is 35.1 Å². The van der Waals surface area contributed by atoms with Crippen LogP contribution in [-0.4, -0.2) is 45.0 Å². The van der Waals surface area contributed by atoms with E-state index in [1.807, 2.05) is 41.1 Å². The summed E-state index contributed by atoms with van der Waals surface area (Å²) in [5.41, 5.74) is 1.33. The van der Waals surface area contributed by atoms with Crippen LogP contribution in [-0.2, 0) is 4.79 Å². The van der Waals surface area contributed by atoms with Crippen molar-refractivity contribution < 1.29 is 9.59 Å². The Bertz CT molecular complexity index is 929. The number of aromatic nitrogens is 3. The van der Waals surface area contributed by atoms with Gasteiger partial charge in [-0.25, -0.2) is 0 Å². The van der Waals surface area contributed by atoms with Crippen molar-refractivity contribution in [2.75, 3.05) is 18.6 Å². The molecule has 28 heavy (non-hydrogen) atoms. The van der Waals surface area contributed by atoms with E-state index < -0.39 is 0 Å². The zero-order valence-electron chi connectivity index (χ0n) is 15.7. The molecular weight excluding hydrogens is 374 g/mol. The van der Waals surface area contributed by atoms with E-state index in [9.17, 15) is 9.59 Å². The highest BCUT2D eigenvalue weighted by molar-refractivity contribution is 7.98. The molecule has 0 saturated heterocycles. The molecule has 0 fully saturated rings. The number of nitrogens with zero attached hydrogens (tertiary/aromatic N) is 3. The summed E-state index contributed by atoms with van der Waals surface area (Å²) in [4.78, 5) is 24.5. The first-order valence-corrected chi connectivity index (χ1v) is 10.5. The first-order valence-electron chi connectivity index (χ1n) is 9.10. The third kappa shape index (κ3) is 5.10. The third-order valence-corrected chi connectivity index (χ3v) is 4.92. The van der Waals surface area contributed by atoms with Gasteiger partial charge in [0.15, 0.2) is 11.5 Å². The van der Waals surface area contributed by atoms with Crippen LogP contribution in [0.2, 0.25) is 0 Å². The lowest BCUT2D eigenvalue weighted by Crippen LogP contribution is -2.34. The molecule has 8 heteroatoms. The summed E-state index contributed by atoms with van der Waals surface area (Å²) in [5, 5.41) is 14.2. The first kappa shape index (κ1) is 19.9. The maximum Gasteiger partial charge on any atom is 0.251 e. The summed E-state index contributed by atoms with van der Waals surface area (Å²) in [6.07, 6.45) is 4.87. The smallest absolute Gasteiger partial charge is 0.251 e. The quantitative estimate of drug-likeness (QED) is 0.579. The lowest BCUT2D eigenvalue weighted by atomic mass is 10.2. The minimum atomic E-state index is -0.234. The van der Waals surface area contributed by atoms with Crippen molar-refractivity contribution in [2.24, 2.45) is 0 Å². The molecule has 2 heterocycles. The molecule has 2 aromatic heterocycles. The largest absolute Gasteiger partial charge is 0.352 e. The highest BCUT2D eigenvalue weighted by Crippen LogP contribution is 2.18. The van der Waals surface area contributed by atoms with Crippen molar-refractivity contribution in [2.45, 2.75) is 18.9 Å². The topological polar surface area (TPSA) is 88.4 Å². The van der Waals surface area contributed by atoms with E-state index in [0.717, 1.165) is 17.8 Å². The highest BCUT2D eigenvalue weighted by Gasteiger charge is 2.20. The van der Waals surface area contributed by atoms with Crippen LogP contribution in [0.4, 0.5) is 0 Å². The third-order valence-electron chi connectivity index (χ3n) is 4.27. The van der Waals surface area contributed by atoms with Crippen molar-refractivity contribution in [3.05, 3.63) is 66.1 Å². The van der Waals surface area contributed by atoms with Gasteiger partial charge in [0.1, 0.15) is 0 Å². The summed E-state index contributed by atoms with van der Waals surface area (Å²) in [6, 6.07) is 14.4. The molecule has 146 valence electrons. The van der Waals surface area contributed by atoms with Gasteiger partial charge in [-0.05, 0) is 42.7 Å². The predicted octanol–water partition coefficient (Wildman–Crippen LogP) is 2.46. The maximum absolute atomic E-state index is 12.4. The number of hydrogen-bond acceptors (Lipinski definition) is 5. The van der Waals surface area contributed by atoms with Gasteiger partial charge in [0.2, 0.25) is 5.91 Å². The van der Waals surface area contributed by atoms with Crippen LogP contribution in [0, 0.1) is 0 Å². The lowest BCUT2D eigenvalue weighted by Gasteiger charge is -2.17. The summed E-state index contributed by atoms with van der Waals surface area (Å²) in [6.45, 7) is 0.273. The van der Waals surface area contributed by atoms with Gasteiger partial charge in [-0.2, -0.15) is 11.8 Å². The van der Waals surface area contributed by atoms with Gasteiger partial charge >= 0.3 is 0 Å².